The first kappa shape index (κ1) is 32.1. The molecule has 4 nitrogen and oxygen atoms in total. The molecule has 0 aliphatic rings. The topological polar surface area (TPSA) is 62.5 Å². The van der Waals surface area contributed by atoms with E-state index in [9.17, 15) is 31.9 Å². The maximum absolute atomic E-state index is 14.0. The van der Waals surface area contributed by atoms with Gasteiger partial charge in [-0.05, 0) is 11.6 Å². The van der Waals surface area contributed by atoms with E-state index in [4.69, 9.17) is 0 Å². The van der Waals surface area contributed by atoms with Gasteiger partial charge in [-0.15, -0.1) is 0 Å². The number of ketones is 1. The molecule has 1 radical (unpaired) electrons. The van der Waals surface area contributed by atoms with Crippen LogP contribution in [0.3, 0.4) is 0 Å². The number of carbonyl (C=O) groups excluding carboxylic acids is 1. The average molecular weight is 687 g/mol. The van der Waals surface area contributed by atoms with Gasteiger partial charge in [-0.25, -0.2) is 31.9 Å². The Morgan fingerprint density at radius 3 is 1.73 bits per heavy atom. The smallest absolute Gasteiger partial charge is 1.00 e. The number of nitrogens with zero attached hydrogens (tertiary/aromatic N) is 2. The van der Waals surface area contributed by atoms with E-state index in [1.54, 1.807) is 60.7 Å². The fourth-order valence-electron chi connectivity index (χ4n) is 3.27. The van der Waals surface area contributed by atoms with Crippen molar-refractivity contribution in [2.75, 3.05) is 0 Å². The fraction of sp³-hybridized carbons (Fsp3) is 0. The van der Waals surface area contributed by atoms with Gasteiger partial charge >= 0.3 is 16.8 Å². The number of hydrogen-bond acceptors (Lipinski definition) is 4. The van der Waals surface area contributed by atoms with Crippen LogP contribution in [0, 0.1) is 29.1 Å². The van der Waals surface area contributed by atoms with E-state index in [-0.39, 0.29) is 67.6 Å². The van der Waals surface area contributed by atoms with Gasteiger partial charge in [0.1, 0.15) is 5.69 Å². The first-order valence-corrected chi connectivity index (χ1v) is 9.74. The van der Waals surface area contributed by atoms with E-state index < -0.39 is 46.4 Å². The Labute approximate surface area is 239 Å². The van der Waals surface area contributed by atoms with Gasteiger partial charge in [0, 0.05) is 11.1 Å². The van der Waals surface area contributed by atoms with E-state index in [2.05, 4.69) is 9.98 Å². The number of aromatic nitrogens is 1. The minimum Gasteiger partial charge on any atom is -1.00 e. The molecule has 0 saturated heterocycles. The van der Waals surface area contributed by atoms with Crippen molar-refractivity contribution < 1.29 is 82.6 Å². The van der Waals surface area contributed by atoms with Crippen LogP contribution in [0.2, 0.25) is 0 Å². The quantitative estimate of drug-likeness (QED) is 0.109. The summed E-state index contributed by atoms with van der Waals surface area (Å²) >= 11 is 0. The zero-order chi connectivity index (χ0) is 24.4. The van der Waals surface area contributed by atoms with Gasteiger partial charge in [-0.1, -0.05) is 60.7 Å². The summed E-state index contributed by atoms with van der Waals surface area (Å²) in [4.78, 5) is 20.4. The van der Waals surface area contributed by atoms with Crippen LogP contribution in [0.4, 0.5) is 27.6 Å². The SMILES string of the molecule is O=C(C=Nc1c(F)c(F)c(F)c(F)c1F)c1cc(-c2ccccc2)nc(O)c1-c1ccccc1.[Br-].[Br-].[Co+2]. The largest absolute Gasteiger partial charge is 2.00 e. The number of carbonyl (C=O) groups is 1. The number of pyridine rings is 1. The number of aromatic hydroxyl groups is 1. The molecule has 12 heteroatoms. The summed E-state index contributed by atoms with van der Waals surface area (Å²) in [5.41, 5.74) is -0.471. The maximum Gasteiger partial charge on any atom is 2.00 e. The summed E-state index contributed by atoms with van der Waals surface area (Å²) in [5.74, 6) is -12.5. The van der Waals surface area contributed by atoms with Crippen molar-refractivity contribution >= 4 is 17.7 Å². The van der Waals surface area contributed by atoms with Crippen molar-refractivity contribution in [2.24, 2.45) is 4.99 Å². The molecular weight excluding hydrogens is 674 g/mol. The van der Waals surface area contributed by atoms with Gasteiger partial charge in [-0.3, -0.25) is 4.79 Å². The van der Waals surface area contributed by atoms with Crippen LogP contribution in [0.1, 0.15) is 10.4 Å². The summed E-state index contributed by atoms with van der Waals surface area (Å²) in [7, 11) is 0. The number of aliphatic imine (C=N–C) groups is 1. The summed E-state index contributed by atoms with van der Waals surface area (Å²) in [5, 5.41) is 10.6. The molecule has 0 fully saturated rings. The molecule has 4 rings (SSSR count). The Kier molecular flexibility index (Phi) is 11.8. The molecule has 1 heterocycles. The van der Waals surface area contributed by atoms with Crippen LogP contribution in [0.5, 0.6) is 5.88 Å². The molecule has 0 aliphatic heterocycles. The molecule has 1 N–H and O–H groups in total. The summed E-state index contributed by atoms with van der Waals surface area (Å²) < 4.78 is 68.1. The molecule has 193 valence electrons. The molecule has 3 aromatic carbocycles. The van der Waals surface area contributed by atoms with Crippen LogP contribution in [-0.2, 0) is 16.8 Å². The summed E-state index contributed by atoms with van der Waals surface area (Å²) in [6.07, 6.45) is 0.425. The molecule has 0 bridgehead atoms. The maximum atomic E-state index is 14.0. The third-order valence-corrected chi connectivity index (χ3v) is 4.90. The van der Waals surface area contributed by atoms with Gasteiger partial charge in [0.15, 0.2) is 23.3 Å². The minimum absolute atomic E-state index is 0. The normalized spacial score (nSPS) is 10.3. The van der Waals surface area contributed by atoms with E-state index in [1.807, 2.05) is 0 Å². The van der Waals surface area contributed by atoms with Crippen molar-refractivity contribution in [3.05, 3.63) is 101 Å². The first-order chi connectivity index (χ1) is 16.3. The number of benzene rings is 3. The van der Waals surface area contributed by atoms with Crippen molar-refractivity contribution in [1.82, 2.24) is 4.98 Å². The van der Waals surface area contributed by atoms with Crippen LogP contribution in [-0.4, -0.2) is 22.1 Å². The van der Waals surface area contributed by atoms with Crippen molar-refractivity contribution in [1.29, 1.82) is 0 Å². The average Bonchev–Trinajstić information content (AvgIpc) is 2.86. The molecular formula is C25H13Br2CoF5N2O2. The molecule has 0 saturated carbocycles. The number of rotatable bonds is 5. The zero-order valence-corrected chi connectivity index (χ0v) is 22.4. The second-order valence-electron chi connectivity index (χ2n) is 7.03. The van der Waals surface area contributed by atoms with Gasteiger partial charge in [0.05, 0.1) is 17.5 Å². The summed E-state index contributed by atoms with van der Waals surface area (Å²) in [6, 6.07) is 18.1. The van der Waals surface area contributed by atoms with E-state index >= 15 is 0 Å². The molecule has 4 aromatic rings. The Morgan fingerprint density at radius 2 is 1.22 bits per heavy atom. The predicted molar refractivity (Wildman–Crippen MR) is 115 cm³/mol. The molecule has 0 atom stereocenters. The van der Waals surface area contributed by atoms with Crippen LogP contribution in [0.15, 0.2) is 71.7 Å². The number of halogens is 7. The van der Waals surface area contributed by atoms with Crippen molar-refractivity contribution in [2.45, 2.75) is 0 Å². The molecule has 0 amide bonds. The second kappa shape index (κ2) is 13.6. The third kappa shape index (κ3) is 6.50. The fourth-order valence-corrected chi connectivity index (χ4v) is 3.27. The Morgan fingerprint density at radius 1 is 0.757 bits per heavy atom. The monoisotopic (exact) mass is 685 g/mol. The van der Waals surface area contributed by atoms with Crippen molar-refractivity contribution in [3.8, 4) is 28.3 Å². The number of hydrogen-bond donors (Lipinski definition) is 1. The predicted octanol–water partition coefficient (Wildman–Crippen LogP) is 0.407. The Bertz CT molecular complexity index is 1410. The molecule has 1 aromatic heterocycles. The first-order valence-electron chi connectivity index (χ1n) is 9.74. The van der Waals surface area contributed by atoms with Crippen molar-refractivity contribution in [3.63, 3.8) is 0 Å². The number of Topliss-reactive ketones (excluding diaryl/α,β-unsaturated/α-hetero) is 1. The van der Waals surface area contributed by atoms with Crippen LogP contribution >= 0.6 is 0 Å². The van der Waals surface area contributed by atoms with Gasteiger partial charge in [0.25, 0.3) is 0 Å². The molecule has 0 unspecified atom stereocenters. The standard InChI is InChI=1S/C25H13F5N2O2.2BrH.Co/c26-19-20(27)22(29)24(23(30)21(19)28)31-12-17(33)15-11-16(13-7-3-1-4-8-13)32-25(34)18(15)14-9-5-2-6-10-14;;;/h1-12H,(H,32,34);2*1H;/q;;;+2/p-2. The van der Waals surface area contributed by atoms with Gasteiger partial charge in [-0.2, -0.15) is 0 Å². The molecule has 37 heavy (non-hydrogen) atoms. The zero-order valence-electron chi connectivity index (χ0n) is 18.2. The van der Waals surface area contributed by atoms with Crippen LogP contribution < -0.4 is 34.0 Å². The van der Waals surface area contributed by atoms with E-state index in [1.165, 1.54) is 6.07 Å². The summed E-state index contributed by atoms with van der Waals surface area (Å²) in [6.45, 7) is 0. The molecule has 0 aliphatic carbocycles. The van der Waals surface area contributed by atoms with Crippen LogP contribution in [0.25, 0.3) is 22.4 Å². The van der Waals surface area contributed by atoms with E-state index in [0.717, 1.165) is 0 Å². The van der Waals surface area contributed by atoms with E-state index in [0.29, 0.717) is 17.3 Å². The second-order valence-corrected chi connectivity index (χ2v) is 7.03. The minimum atomic E-state index is -2.34. The molecule has 0 spiro atoms. The van der Waals surface area contributed by atoms with Gasteiger partial charge in [0.2, 0.25) is 17.5 Å². The Balaban J connectivity index is 0.00000228. The Hall–Kier alpha value is -2.93. The van der Waals surface area contributed by atoms with Gasteiger partial charge < -0.3 is 39.1 Å². The third-order valence-electron chi connectivity index (χ3n) is 4.90.